The number of nitrogens with one attached hydrogen (secondary N) is 1. The summed E-state index contributed by atoms with van der Waals surface area (Å²) in [5.41, 5.74) is 0. The first-order valence-electron chi connectivity index (χ1n) is 4.50. The van der Waals surface area contributed by atoms with E-state index in [0.717, 1.165) is 13.0 Å². The Hall–Kier alpha value is -0.380. The molecule has 0 bridgehead atoms. The Labute approximate surface area is 83.9 Å². The minimum Gasteiger partial charge on any atom is -0.385 e. The molecule has 3 heteroatoms. The summed E-state index contributed by atoms with van der Waals surface area (Å²) < 4.78 is 5.07. The molecule has 1 unspecified atom stereocenters. The van der Waals surface area contributed by atoms with Crippen LogP contribution >= 0.6 is 11.3 Å². The molecule has 0 aliphatic rings. The molecule has 1 N–H and O–H groups in total. The van der Waals surface area contributed by atoms with Gasteiger partial charge in [0.15, 0.2) is 0 Å². The van der Waals surface area contributed by atoms with Crippen molar-refractivity contribution in [2.24, 2.45) is 0 Å². The third kappa shape index (κ3) is 3.10. The highest BCUT2D eigenvalue weighted by atomic mass is 32.1. The maximum absolute atomic E-state index is 5.07. The first-order chi connectivity index (χ1) is 6.27. The molecule has 1 heterocycles. The largest absolute Gasteiger partial charge is 0.385 e. The SMILES string of the molecule is CNC(CCOC)c1ccc(C)s1. The minimum absolute atomic E-state index is 0.443. The Morgan fingerprint density at radius 1 is 1.54 bits per heavy atom. The summed E-state index contributed by atoms with van der Waals surface area (Å²) in [6.07, 6.45) is 1.03. The molecule has 0 saturated carbocycles. The Bertz CT molecular complexity index is 247. The fourth-order valence-corrected chi connectivity index (χ4v) is 2.33. The molecule has 13 heavy (non-hydrogen) atoms. The number of rotatable bonds is 5. The van der Waals surface area contributed by atoms with Gasteiger partial charge in [0.2, 0.25) is 0 Å². The summed E-state index contributed by atoms with van der Waals surface area (Å²) in [6, 6.07) is 4.80. The van der Waals surface area contributed by atoms with Gasteiger partial charge in [0.25, 0.3) is 0 Å². The number of hydrogen-bond donors (Lipinski definition) is 1. The normalized spacial score (nSPS) is 13.2. The van der Waals surface area contributed by atoms with Gasteiger partial charge in [-0.25, -0.2) is 0 Å². The van der Waals surface area contributed by atoms with E-state index in [1.807, 2.05) is 18.4 Å². The molecule has 0 spiro atoms. The molecule has 0 saturated heterocycles. The van der Waals surface area contributed by atoms with Crippen LogP contribution in [0.4, 0.5) is 0 Å². The number of ether oxygens (including phenoxy) is 1. The predicted molar refractivity (Wildman–Crippen MR) is 57.3 cm³/mol. The van der Waals surface area contributed by atoms with E-state index in [2.05, 4.69) is 24.4 Å². The van der Waals surface area contributed by atoms with Crippen LogP contribution in [0.5, 0.6) is 0 Å². The summed E-state index contributed by atoms with van der Waals surface area (Å²) in [5.74, 6) is 0. The van der Waals surface area contributed by atoms with Crippen molar-refractivity contribution < 1.29 is 4.74 Å². The topological polar surface area (TPSA) is 21.3 Å². The molecule has 0 aliphatic heterocycles. The van der Waals surface area contributed by atoms with E-state index in [9.17, 15) is 0 Å². The van der Waals surface area contributed by atoms with Crippen molar-refractivity contribution in [3.8, 4) is 0 Å². The Balaban J connectivity index is 2.56. The highest BCUT2D eigenvalue weighted by Crippen LogP contribution is 2.24. The molecular weight excluding hydrogens is 182 g/mol. The van der Waals surface area contributed by atoms with Crippen molar-refractivity contribution in [3.63, 3.8) is 0 Å². The lowest BCUT2D eigenvalue weighted by Crippen LogP contribution is -2.16. The number of aryl methyl sites for hydroxylation is 1. The fraction of sp³-hybridized carbons (Fsp3) is 0.600. The van der Waals surface area contributed by atoms with Gasteiger partial charge in [-0.05, 0) is 32.5 Å². The van der Waals surface area contributed by atoms with E-state index in [4.69, 9.17) is 4.74 Å². The van der Waals surface area contributed by atoms with Crippen molar-refractivity contribution in [2.45, 2.75) is 19.4 Å². The van der Waals surface area contributed by atoms with Gasteiger partial charge in [-0.15, -0.1) is 11.3 Å². The van der Waals surface area contributed by atoms with E-state index >= 15 is 0 Å². The van der Waals surface area contributed by atoms with Crippen molar-refractivity contribution in [2.75, 3.05) is 20.8 Å². The van der Waals surface area contributed by atoms with Gasteiger partial charge >= 0.3 is 0 Å². The molecule has 0 radical (unpaired) electrons. The summed E-state index contributed by atoms with van der Waals surface area (Å²) >= 11 is 1.85. The van der Waals surface area contributed by atoms with Gasteiger partial charge in [0.1, 0.15) is 0 Å². The van der Waals surface area contributed by atoms with E-state index in [1.165, 1.54) is 9.75 Å². The zero-order valence-corrected chi connectivity index (χ0v) is 9.28. The second-order valence-electron chi connectivity index (χ2n) is 3.07. The van der Waals surface area contributed by atoms with Crippen LogP contribution in [0, 0.1) is 6.92 Å². The van der Waals surface area contributed by atoms with Gasteiger partial charge in [-0.2, -0.15) is 0 Å². The quantitative estimate of drug-likeness (QED) is 0.786. The van der Waals surface area contributed by atoms with Gasteiger partial charge < -0.3 is 10.1 Å². The van der Waals surface area contributed by atoms with Crippen molar-refractivity contribution in [1.82, 2.24) is 5.32 Å². The van der Waals surface area contributed by atoms with Gasteiger partial charge in [-0.1, -0.05) is 0 Å². The third-order valence-electron chi connectivity index (χ3n) is 2.06. The van der Waals surface area contributed by atoms with Gasteiger partial charge in [0.05, 0.1) is 0 Å². The second kappa shape index (κ2) is 5.37. The summed E-state index contributed by atoms with van der Waals surface area (Å²) in [5, 5.41) is 3.30. The molecule has 2 nitrogen and oxygen atoms in total. The van der Waals surface area contributed by atoms with Crippen LogP contribution in [0.3, 0.4) is 0 Å². The van der Waals surface area contributed by atoms with E-state index in [1.54, 1.807) is 7.11 Å². The average Bonchev–Trinajstić information content (AvgIpc) is 2.54. The van der Waals surface area contributed by atoms with Crippen LogP contribution < -0.4 is 5.32 Å². The lowest BCUT2D eigenvalue weighted by molar-refractivity contribution is 0.184. The lowest BCUT2D eigenvalue weighted by Gasteiger charge is -2.13. The number of hydrogen-bond acceptors (Lipinski definition) is 3. The maximum Gasteiger partial charge on any atom is 0.0480 e. The van der Waals surface area contributed by atoms with Crippen molar-refractivity contribution >= 4 is 11.3 Å². The monoisotopic (exact) mass is 199 g/mol. The molecule has 0 aliphatic carbocycles. The van der Waals surface area contributed by atoms with Crippen LogP contribution in [0.15, 0.2) is 12.1 Å². The van der Waals surface area contributed by atoms with E-state index in [0.29, 0.717) is 6.04 Å². The van der Waals surface area contributed by atoms with Gasteiger partial charge in [-0.3, -0.25) is 0 Å². The van der Waals surface area contributed by atoms with Crippen molar-refractivity contribution in [1.29, 1.82) is 0 Å². The Kier molecular flexibility index (Phi) is 4.42. The predicted octanol–water partition coefficient (Wildman–Crippen LogP) is 2.35. The third-order valence-corrected chi connectivity index (χ3v) is 3.18. The van der Waals surface area contributed by atoms with Crippen LogP contribution in [-0.4, -0.2) is 20.8 Å². The molecule has 1 atom stereocenters. The molecule has 1 aromatic heterocycles. The summed E-state index contributed by atoms with van der Waals surface area (Å²) in [7, 11) is 3.74. The van der Waals surface area contributed by atoms with Crippen LogP contribution in [0.25, 0.3) is 0 Å². The smallest absolute Gasteiger partial charge is 0.0480 e. The second-order valence-corrected chi connectivity index (χ2v) is 4.39. The zero-order valence-electron chi connectivity index (χ0n) is 8.46. The molecule has 1 aromatic rings. The zero-order chi connectivity index (χ0) is 9.68. The van der Waals surface area contributed by atoms with E-state index < -0.39 is 0 Å². The summed E-state index contributed by atoms with van der Waals surface area (Å²) in [4.78, 5) is 2.77. The Morgan fingerprint density at radius 2 is 2.31 bits per heavy atom. The number of methoxy groups -OCH3 is 1. The molecule has 0 aromatic carbocycles. The molecule has 0 fully saturated rings. The van der Waals surface area contributed by atoms with Crippen LogP contribution in [0.2, 0.25) is 0 Å². The molecule has 1 rings (SSSR count). The molecule has 74 valence electrons. The Morgan fingerprint density at radius 3 is 2.77 bits per heavy atom. The minimum atomic E-state index is 0.443. The average molecular weight is 199 g/mol. The first-order valence-corrected chi connectivity index (χ1v) is 5.32. The van der Waals surface area contributed by atoms with E-state index in [-0.39, 0.29) is 0 Å². The summed E-state index contributed by atoms with van der Waals surface area (Å²) in [6.45, 7) is 2.94. The lowest BCUT2D eigenvalue weighted by atomic mass is 10.2. The molecule has 0 amide bonds. The maximum atomic E-state index is 5.07. The fourth-order valence-electron chi connectivity index (χ4n) is 1.31. The van der Waals surface area contributed by atoms with Crippen LogP contribution in [-0.2, 0) is 4.74 Å². The standard InChI is InChI=1S/C10H17NOS/c1-8-4-5-10(13-8)9(11-2)6-7-12-3/h4-5,9,11H,6-7H2,1-3H3. The molecular formula is C10H17NOS. The number of thiophene rings is 1. The van der Waals surface area contributed by atoms with Crippen LogP contribution in [0.1, 0.15) is 22.2 Å². The highest BCUT2D eigenvalue weighted by Gasteiger charge is 2.09. The first kappa shape index (κ1) is 10.7. The highest BCUT2D eigenvalue weighted by molar-refractivity contribution is 7.12. The van der Waals surface area contributed by atoms with Gasteiger partial charge in [0, 0.05) is 29.5 Å². The van der Waals surface area contributed by atoms with Crippen molar-refractivity contribution in [3.05, 3.63) is 21.9 Å².